The largest absolute Gasteiger partial charge is 0.356 e. The van der Waals surface area contributed by atoms with Crippen molar-refractivity contribution in [2.45, 2.75) is 32.1 Å². The molecule has 62 valence electrons. The first-order valence-electron chi connectivity index (χ1n) is 4.65. The Morgan fingerprint density at radius 2 is 2.00 bits per heavy atom. The van der Waals surface area contributed by atoms with Crippen molar-refractivity contribution in [2.24, 2.45) is 11.8 Å². The summed E-state index contributed by atoms with van der Waals surface area (Å²) < 4.78 is 0. The summed E-state index contributed by atoms with van der Waals surface area (Å²) in [6, 6.07) is 0. The minimum absolute atomic E-state index is 0.320. The highest BCUT2D eigenvalue weighted by molar-refractivity contribution is 5.79. The molecule has 2 nitrogen and oxygen atoms in total. The molecule has 2 aliphatic rings. The Balaban J connectivity index is 2.05. The van der Waals surface area contributed by atoms with E-state index in [0.29, 0.717) is 11.8 Å². The van der Waals surface area contributed by atoms with Crippen molar-refractivity contribution in [3.8, 4) is 0 Å². The normalized spacial score (nSPS) is 37.6. The number of piperidine rings is 1. The maximum absolute atomic E-state index is 11.3. The Morgan fingerprint density at radius 1 is 1.18 bits per heavy atom. The molecule has 0 radical (unpaired) electrons. The zero-order chi connectivity index (χ0) is 7.68. The average Bonchev–Trinajstić information content (AvgIpc) is 2.06. The van der Waals surface area contributed by atoms with Gasteiger partial charge in [0.25, 0.3) is 0 Å². The molecule has 1 aliphatic carbocycles. The third kappa shape index (κ3) is 1.26. The summed E-state index contributed by atoms with van der Waals surface area (Å²) in [6.45, 7) is 0.917. The Bertz CT molecular complexity index is 165. The number of rotatable bonds is 0. The van der Waals surface area contributed by atoms with Crippen LogP contribution in [0.5, 0.6) is 0 Å². The van der Waals surface area contributed by atoms with E-state index < -0.39 is 0 Å². The van der Waals surface area contributed by atoms with Gasteiger partial charge in [0, 0.05) is 12.5 Å². The molecule has 2 heteroatoms. The maximum Gasteiger partial charge on any atom is 0.223 e. The van der Waals surface area contributed by atoms with E-state index in [9.17, 15) is 4.79 Å². The van der Waals surface area contributed by atoms with Gasteiger partial charge in [-0.05, 0) is 25.2 Å². The van der Waals surface area contributed by atoms with Crippen LogP contribution in [-0.4, -0.2) is 12.5 Å². The smallest absolute Gasteiger partial charge is 0.223 e. The molecule has 1 amide bonds. The van der Waals surface area contributed by atoms with Gasteiger partial charge >= 0.3 is 0 Å². The first-order valence-corrected chi connectivity index (χ1v) is 4.65. The molecule has 2 fully saturated rings. The summed E-state index contributed by atoms with van der Waals surface area (Å²) in [5.74, 6) is 1.41. The van der Waals surface area contributed by atoms with E-state index in [1.807, 2.05) is 0 Å². The second kappa shape index (κ2) is 2.84. The third-order valence-electron chi connectivity index (χ3n) is 3.06. The molecule has 0 bridgehead atoms. The van der Waals surface area contributed by atoms with E-state index in [1.54, 1.807) is 0 Å². The second-order valence-corrected chi connectivity index (χ2v) is 3.73. The van der Waals surface area contributed by atoms with Crippen LogP contribution in [0.3, 0.4) is 0 Å². The van der Waals surface area contributed by atoms with Gasteiger partial charge in [-0.1, -0.05) is 12.8 Å². The fourth-order valence-corrected chi connectivity index (χ4v) is 2.41. The molecule has 0 unspecified atom stereocenters. The van der Waals surface area contributed by atoms with Gasteiger partial charge in [-0.3, -0.25) is 4.79 Å². The van der Waals surface area contributed by atoms with Crippen LogP contribution in [-0.2, 0) is 4.79 Å². The molecule has 1 saturated heterocycles. The highest BCUT2D eigenvalue weighted by Crippen LogP contribution is 2.33. The third-order valence-corrected chi connectivity index (χ3v) is 3.06. The van der Waals surface area contributed by atoms with Gasteiger partial charge < -0.3 is 5.32 Å². The topological polar surface area (TPSA) is 29.1 Å². The van der Waals surface area contributed by atoms with E-state index in [2.05, 4.69) is 5.32 Å². The summed E-state index contributed by atoms with van der Waals surface area (Å²) in [7, 11) is 0. The van der Waals surface area contributed by atoms with Crippen LogP contribution in [0.15, 0.2) is 0 Å². The monoisotopic (exact) mass is 153 g/mol. The first-order chi connectivity index (χ1) is 5.38. The van der Waals surface area contributed by atoms with Gasteiger partial charge in [-0.2, -0.15) is 0 Å². The minimum Gasteiger partial charge on any atom is -0.356 e. The van der Waals surface area contributed by atoms with Crippen molar-refractivity contribution in [3.63, 3.8) is 0 Å². The van der Waals surface area contributed by atoms with Crippen molar-refractivity contribution >= 4 is 5.91 Å². The predicted octanol–water partition coefficient (Wildman–Crippen LogP) is 1.31. The Morgan fingerprint density at radius 3 is 2.82 bits per heavy atom. The SMILES string of the molecule is O=C1NCC[C@H]2CCCC[C@@H]12. The van der Waals surface area contributed by atoms with Crippen LogP contribution in [0.2, 0.25) is 0 Å². The van der Waals surface area contributed by atoms with Crippen molar-refractivity contribution < 1.29 is 4.79 Å². The summed E-state index contributed by atoms with van der Waals surface area (Å²) >= 11 is 0. The molecule has 11 heavy (non-hydrogen) atoms. The molecule has 0 aromatic heterocycles. The molecular weight excluding hydrogens is 138 g/mol. The molecule has 1 aliphatic heterocycles. The quantitative estimate of drug-likeness (QED) is 0.558. The van der Waals surface area contributed by atoms with Crippen LogP contribution in [0, 0.1) is 11.8 Å². The summed E-state index contributed by atoms with van der Waals surface area (Å²) in [5.41, 5.74) is 0. The van der Waals surface area contributed by atoms with Crippen molar-refractivity contribution in [1.82, 2.24) is 5.32 Å². The molecular formula is C9H15NO. The Hall–Kier alpha value is -0.530. The number of nitrogens with one attached hydrogen (secondary N) is 1. The number of carbonyl (C=O) groups excluding carboxylic acids is 1. The molecule has 2 rings (SSSR count). The van der Waals surface area contributed by atoms with E-state index in [0.717, 1.165) is 18.9 Å². The Labute approximate surface area is 67.4 Å². The minimum atomic E-state index is 0.320. The fourth-order valence-electron chi connectivity index (χ4n) is 2.41. The van der Waals surface area contributed by atoms with E-state index in [1.165, 1.54) is 25.7 Å². The number of fused-ring (bicyclic) bond motifs is 1. The summed E-state index contributed by atoms with van der Waals surface area (Å²) in [5, 5.41) is 2.94. The highest BCUT2D eigenvalue weighted by Gasteiger charge is 2.33. The Kier molecular flexibility index (Phi) is 1.84. The number of hydrogen-bond acceptors (Lipinski definition) is 1. The second-order valence-electron chi connectivity index (χ2n) is 3.73. The van der Waals surface area contributed by atoms with Gasteiger partial charge in [-0.15, -0.1) is 0 Å². The fraction of sp³-hybridized carbons (Fsp3) is 0.889. The van der Waals surface area contributed by atoms with E-state index in [4.69, 9.17) is 0 Å². The van der Waals surface area contributed by atoms with Crippen molar-refractivity contribution in [2.75, 3.05) is 6.54 Å². The van der Waals surface area contributed by atoms with Crippen molar-refractivity contribution in [3.05, 3.63) is 0 Å². The summed E-state index contributed by atoms with van der Waals surface area (Å²) in [6.07, 6.45) is 6.24. The van der Waals surface area contributed by atoms with E-state index >= 15 is 0 Å². The molecule has 1 heterocycles. The van der Waals surface area contributed by atoms with Crippen molar-refractivity contribution in [1.29, 1.82) is 0 Å². The highest BCUT2D eigenvalue weighted by atomic mass is 16.1. The molecule has 2 atom stereocenters. The molecule has 0 spiro atoms. The lowest BCUT2D eigenvalue weighted by atomic mass is 9.75. The van der Waals surface area contributed by atoms with Gasteiger partial charge in [0.2, 0.25) is 5.91 Å². The average molecular weight is 153 g/mol. The van der Waals surface area contributed by atoms with Crippen LogP contribution < -0.4 is 5.32 Å². The zero-order valence-corrected chi connectivity index (χ0v) is 6.81. The maximum atomic E-state index is 11.3. The number of amides is 1. The zero-order valence-electron chi connectivity index (χ0n) is 6.81. The number of carbonyl (C=O) groups is 1. The van der Waals surface area contributed by atoms with Crippen LogP contribution in [0.1, 0.15) is 32.1 Å². The van der Waals surface area contributed by atoms with Gasteiger partial charge in [0.1, 0.15) is 0 Å². The molecule has 1 saturated carbocycles. The molecule has 0 aromatic carbocycles. The molecule has 1 N–H and O–H groups in total. The van der Waals surface area contributed by atoms with Crippen LogP contribution in [0.25, 0.3) is 0 Å². The van der Waals surface area contributed by atoms with Gasteiger partial charge in [0.15, 0.2) is 0 Å². The standard InChI is InChI=1S/C9H15NO/c11-9-8-4-2-1-3-7(8)5-6-10-9/h7-8H,1-6H2,(H,10,11)/t7-,8-/m1/s1. The lowest BCUT2D eigenvalue weighted by molar-refractivity contribution is -0.130. The predicted molar refractivity (Wildman–Crippen MR) is 43.1 cm³/mol. The van der Waals surface area contributed by atoms with Crippen LogP contribution in [0.4, 0.5) is 0 Å². The number of hydrogen-bond donors (Lipinski definition) is 1. The van der Waals surface area contributed by atoms with Crippen LogP contribution >= 0.6 is 0 Å². The lowest BCUT2D eigenvalue weighted by Gasteiger charge is -2.34. The first kappa shape index (κ1) is 7.14. The van der Waals surface area contributed by atoms with Gasteiger partial charge in [-0.25, -0.2) is 0 Å². The lowest BCUT2D eigenvalue weighted by Crippen LogP contribution is -2.43. The molecule has 0 aromatic rings. The van der Waals surface area contributed by atoms with E-state index in [-0.39, 0.29) is 0 Å². The van der Waals surface area contributed by atoms with Gasteiger partial charge in [0.05, 0.1) is 0 Å². The summed E-state index contributed by atoms with van der Waals surface area (Å²) in [4.78, 5) is 11.3.